The quantitative estimate of drug-likeness (QED) is 0.843. The van der Waals surface area contributed by atoms with Gasteiger partial charge in [-0.3, -0.25) is 4.98 Å². The first-order valence-electron chi connectivity index (χ1n) is 5.74. The van der Waals surface area contributed by atoms with Crippen LogP contribution in [-0.2, 0) is 0 Å². The summed E-state index contributed by atoms with van der Waals surface area (Å²) in [5.74, 6) is 0. The molecule has 0 aliphatic heterocycles. The average Bonchev–Trinajstić information content (AvgIpc) is 2.38. The van der Waals surface area contributed by atoms with Crippen molar-refractivity contribution in [2.75, 3.05) is 11.9 Å². The number of hydrogen-bond donors (Lipinski definition) is 2. The van der Waals surface area contributed by atoms with Crippen molar-refractivity contribution >= 4 is 5.69 Å². The third-order valence-electron chi connectivity index (χ3n) is 2.69. The van der Waals surface area contributed by atoms with Crippen molar-refractivity contribution in [3.8, 4) is 0 Å². The lowest BCUT2D eigenvalue weighted by Crippen LogP contribution is -2.20. The van der Waals surface area contributed by atoms with Crippen LogP contribution in [0.5, 0.6) is 0 Å². The van der Waals surface area contributed by atoms with Crippen molar-refractivity contribution in [1.29, 1.82) is 0 Å². The van der Waals surface area contributed by atoms with E-state index in [1.807, 2.05) is 49.5 Å². The minimum absolute atomic E-state index is 0.102. The Kier molecular flexibility index (Phi) is 3.73. The first kappa shape index (κ1) is 11.6. The molecule has 2 aromatic rings. The van der Waals surface area contributed by atoms with Crippen LogP contribution < -0.4 is 11.1 Å². The summed E-state index contributed by atoms with van der Waals surface area (Å²) in [7, 11) is 0. The standard InChI is InChI=1S/C14H17N3/c1-11-7-8-12(10-16-11)14(9-15)17-13-5-3-2-4-6-13/h2-8,10,14,17H,9,15H2,1H3. The second-order valence-corrected chi connectivity index (χ2v) is 4.03. The molecule has 0 saturated carbocycles. The molecule has 1 aromatic heterocycles. The first-order chi connectivity index (χ1) is 8.29. The molecule has 3 nitrogen and oxygen atoms in total. The van der Waals surface area contributed by atoms with Gasteiger partial charge in [0.2, 0.25) is 0 Å². The minimum atomic E-state index is 0.102. The Balaban J connectivity index is 2.14. The number of anilines is 1. The summed E-state index contributed by atoms with van der Waals surface area (Å²) in [5, 5.41) is 3.40. The van der Waals surface area contributed by atoms with Gasteiger partial charge in [-0.1, -0.05) is 24.3 Å². The van der Waals surface area contributed by atoms with E-state index < -0.39 is 0 Å². The number of aryl methyl sites for hydroxylation is 1. The van der Waals surface area contributed by atoms with Crippen LogP contribution in [0.15, 0.2) is 48.7 Å². The molecule has 2 rings (SSSR count). The molecule has 1 atom stereocenters. The summed E-state index contributed by atoms with van der Waals surface area (Å²) < 4.78 is 0. The van der Waals surface area contributed by atoms with Gasteiger partial charge < -0.3 is 11.1 Å². The maximum atomic E-state index is 5.80. The van der Waals surface area contributed by atoms with E-state index in [4.69, 9.17) is 5.73 Å². The molecule has 1 aromatic carbocycles. The van der Waals surface area contributed by atoms with Crippen LogP contribution in [-0.4, -0.2) is 11.5 Å². The van der Waals surface area contributed by atoms with Crippen molar-refractivity contribution in [3.63, 3.8) is 0 Å². The summed E-state index contributed by atoms with van der Waals surface area (Å²) >= 11 is 0. The van der Waals surface area contributed by atoms with Gasteiger partial charge in [-0.05, 0) is 30.7 Å². The Bertz CT molecular complexity index is 451. The van der Waals surface area contributed by atoms with Crippen LogP contribution in [0.4, 0.5) is 5.69 Å². The van der Waals surface area contributed by atoms with Crippen LogP contribution in [0.1, 0.15) is 17.3 Å². The number of para-hydroxylation sites is 1. The van der Waals surface area contributed by atoms with E-state index in [9.17, 15) is 0 Å². The topological polar surface area (TPSA) is 50.9 Å². The molecule has 0 radical (unpaired) electrons. The maximum absolute atomic E-state index is 5.80. The van der Waals surface area contributed by atoms with Crippen molar-refractivity contribution in [3.05, 3.63) is 59.9 Å². The minimum Gasteiger partial charge on any atom is -0.377 e. The number of benzene rings is 1. The molecular formula is C14H17N3. The van der Waals surface area contributed by atoms with Gasteiger partial charge in [0.25, 0.3) is 0 Å². The van der Waals surface area contributed by atoms with E-state index in [-0.39, 0.29) is 6.04 Å². The number of hydrogen-bond acceptors (Lipinski definition) is 3. The zero-order valence-electron chi connectivity index (χ0n) is 9.93. The first-order valence-corrected chi connectivity index (χ1v) is 5.74. The molecule has 0 fully saturated rings. The van der Waals surface area contributed by atoms with E-state index in [0.717, 1.165) is 16.9 Å². The van der Waals surface area contributed by atoms with Crippen molar-refractivity contribution < 1.29 is 0 Å². The molecule has 0 aliphatic carbocycles. The van der Waals surface area contributed by atoms with Crippen LogP contribution >= 0.6 is 0 Å². The highest BCUT2D eigenvalue weighted by Gasteiger charge is 2.09. The molecule has 88 valence electrons. The highest BCUT2D eigenvalue weighted by Crippen LogP contribution is 2.17. The van der Waals surface area contributed by atoms with Crippen molar-refractivity contribution in [2.24, 2.45) is 5.73 Å². The van der Waals surface area contributed by atoms with E-state index in [2.05, 4.69) is 16.4 Å². The number of pyridine rings is 1. The maximum Gasteiger partial charge on any atom is 0.0651 e. The number of rotatable bonds is 4. The van der Waals surface area contributed by atoms with Gasteiger partial charge in [0.1, 0.15) is 0 Å². The zero-order chi connectivity index (χ0) is 12.1. The summed E-state index contributed by atoms with van der Waals surface area (Å²) in [4.78, 5) is 4.29. The van der Waals surface area contributed by atoms with Crippen molar-refractivity contribution in [1.82, 2.24) is 4.98 Å². The van der Waals surface area contributed by atoms with Gasteiger partial charge in [-0.2, -0.15) is 0 Å². The number of nitrogens with zero attached hydrogens (tertiary/aromatic N) is 1. The van der Waals surface area contributed by atoms with Gasteiger partial charge in [0.15, 0.2) is 0 Å². The lowest BCUT2D eigenvalue weighted by atomic mass is 10.1. The molecule has 0 saturated heterocycles. The van der Waals surface area contributed by atoms with Gasteiger partial charge >= 0.3 is 0 Å². The predicted molar refractivity (Wildman–Crippen MR) is 70.8 cm³/mol. The van der Waals surface area contributed by atoms with Gasteiger partial charge in [-0.15, -0.1) is 0 Å². The summed E-state index contributed by atoms with van der Waals surface area (Å²) in [6.45, 7) is 2.52. The fourth-order valence-electron chi connectivity index (χ4n) is 1.70. The monoisotopic (exact) mass is 227 g/mol. The van der Waals surface area contributed by atoms with E-state index >= 15 is 0 Å². The smallest absolute Gasteiger partial charge is 0.0651 e. The SMILES string of the molecule is Cc1ccc(C(CN)Nc2ccccc2)cn1. The molecule has 3 N–H and O–H groups in total. The van der Waals surface area contributed by atoms with Gasteiger partial charge in [0.05, 0.1) is 6.04 Å². The third-order valence-corrected chi connectivity index (χ3v) is 2.69. The molecule has 0 spiro atoms. The van der Waals surface area contributed by atoms with Gasteiger partial charge in [-0.25, -0.2) is 0 Å². The Morgan fingerprint density at radius 2 is 1.94 bits per heavy atom. The number of nitrogens with two attached hydrogens (primary N) is 1. The molecule has 0 aliphatic rings. The fraction of sp³-hybridized carbons (Fsp3) is 0.214. The van der Waals surface area contributed by atoms with E-state index in [1.54, 1.807) is 0 Å². The molecule has 17 heavy (non-hydrogen) atoms. The molecule has 0 bridgehead atoms. The summed E-state index contributed by atoms with van der Waals surface area (Å²) in [6.07, 6.45) is 1.88. The van der Waals surface area contributed by atoms with Crippen LogP contribution in [0, 0.1) is 6.92 Å². The van der Waals surface area contributed by atoms with E-state index in [1.165, 1.54) is 0 Å². The Morgan fingerprint density at radius 1 is 1.18 bits per heavy atom. The fourth-order valence-corrected chi connectivity index (χ4v) is 1.70. The van der Waals surface area contributed by atoms with Crippen LogP contribution in [0.3, 0.4) is 0 Å². The second-order valence-electron chi connectivity index (χ2n) is 4.03. The average molecular weight is 227 g/mol. The molecule has 1 heterocycles. The third kappa shape index (κ3) is 3.04. The molecule has 3 heteroatoms. The summed E-state index contributed by atoms with van der Waals surface area (Å²) in [5.41, 5.74) is 9.00. The largest absolute Gasteiger partial charge is 0.377 e. The van der Waals surface area contributed by atoms with Crippen LogP contribution in [0.25, 0.3) is 0 Å². The predicted octanol–water partition coefficient (Wildman–Crippen LogP) is 2.50. The molecule has 1 unspecified atom stereocenters. The van der Waals surface area contributed by atoms with Gasteiger partial charge in [0, 0.05) is 24.1 Å². The molecular weight excluding hydrogens is 210 g/mol. The summed E-state index contributed by atoms with van der Waals surface area (Å²) in [6, 6.07) is 14.2. The lowest BCUT2D eigenvalue weighted by molar-refractivity contribution is 0.783. The van der Waals surface area contributed by atoms with Crippen LogP contribution in [0.2, 0.25) is 0 Å². The number of aromatic nitrogens is 1. The highest BCUT2D eigenvalue weighted by atomic mass is 14.9. The normalized spacial score (nSPS) is 12.1. The highest BCUT2D eigenvalue weighted by molar-refractivity contribution is 5.45. The second kappa shape index (κ2) is 5.46. The Labute approximate surface area is 102 Å². The number of nitrogens with one attached hydrogen (secondary N) is 1. The van der Waals surface area contributed by atoms with Crippen molar-refractivity contribution in [2.45, 2.75) is 13.0 Å². The Morgan fingerprint density at radius 3 is 2.53 bits per heavy atom. The zero-order valence-corrected chi connectivity index (χ0v) is 9.93. The van der Waals surface area contributed by atoms with E-state index in [0.29, 0.717) is 6.54 Å². The lowest BCUT2D eigenvalue weighted by Gasteiger charge is -2.18. The molecule has 0 amide bonds. The Hall–Kier alpha value is -1.87.